The number of nitrogens with zero attached hydrogens (tertiary/aromatic N) is 7. The SMILES string of the molecule is C=CC(=O)N1CCN(c2nc(OCCN3CCOCC3)nc3c2CCC(N2CCc4cc(C)ccc42)C3)CC1CC#N. The van der Waals surface area contributed by atoms with Gasteiger partial charge in [0.2, 0.25) is 5.91 Å². The Kier molecular flexibility index (Phi) is 8.58. The van der Waals surface area contributed by atoms with Crippen LogP contribution in [0.4, 0.5) is 11.5 Å². The van der Waals surface area contributed by atoms with Crippen LogP contribution < -0.4 is 14.5 Å². The smallest absolute Gasteiger partial charge is 0.318 e. The molecular weight excluding hydrogens is 530 g/mol. The van der Waals surface area contributed by atoms with Gasteiger partial charge in [-0.05, 0) is 43.9 Å². The van der Waals surface area contributed by atoms with Crippen LogP contribution in [-0.2, 0) is 28.8 Å². The van der Waals surface area contributed by atoms with E-state index in [0.717, 1.165) is 76.6 Å². The number of carbonyl (C=O) groups excluding carboxylic acids is 1. The fourth-order valence-corrected chi connectivity index (χ4v) is 6.91. The number of hydrogen-bond acceptors (Lipinski definition) is 9. The lowest BCUT2D eigenvalue weighted by Gasteiger charge is -2.42. The third-order valence-corrected chi connectivity index (χ3v) is 9.12. The number of aryl methyl sites for hydroxylation is 1. The first kappa shape index (κ1) is 28.4. The second-order valence-electron chi connectivity index (χ2n) is 11.7. The van der Waals surface area contributed by atoms with Crippen LogP contribution >= 0.6 is 0 Å². The van der Waals surface area contributed by atoms with E-state index in [1.807, 2.05) is 0 Å². The maximum atomic E-state index is 12.5. The van der Waals surface area contributed by atoms with Crippen molar-refractivity contribution >= 4 is 17.4 Å². The Balaban J connectivity index is 1.25. The van der Waals surface area contributed by atoms with Crippen molar-refractivity contribution < 1.29 is 14.3 Å². The van der Waals surface area contributed by atoms with Crippen LogP contribution in [0.5, 0.6) is 6.01 Å². The van der Waals surface area contributed by atoms with E-state index in [9.17, 15) is 10.1 Å². The quantitative estimate of drug-likeness (QED) is 0.443. The van der Waals surface area contributed by atoms with E-state index in [0.29, 0.717) is 38.3 Å². The number of amides is 1. The van der Waals surface area contributed by atoms with Gasteiger partial charge in [-0.3, -0.25) is 9.69 Å². The number of fused-ring (bicyclic) bond motifs is 2. The molecule has 4 heterocycles. The molecule has 0 spiro atoms. The average Bonchev–Trinajstić information content (AvgIpc) is 3.43. The number of piperazine rings is 1. The molecular formula is C32H41N7O3. The fourth-order valence-electron chi connectivity index (χ4n) is 6.91. The number of ether oxygens (including phenoxy) is 2. The highest BCUT2D eigenvalue weighted by Crippen LogP contribution is 2.37. The maximum absolute atomic E-state index is 12.5. The topological polar surface area (TPSA) is 98.1 Å². The van der Waals surface area contributed by atoms with Crippen LogP contribution in [0, 0.1) is 18.3 Å². The minimum Gasteiger partial charge on any atom is -0.462 e. The van der Waals surface area contributed by atoms with E-state index < -0.39 is 0 Å². The molecule has 2 fully saturated rings. The number of benzene rings is 1. The number of hydrogen-bond donors (Lipinski definition) is 0. The molecule has 4 aliphatic rings. The molecule has 3 aliphatic heterocycles. The van der Waals surface area contributed by atoms with E-state index in [1.54, 1.807) is 4.90 Å². The van der Waals surface area contributed by atoms with E-state index in [2.05, 4.69) is 52.5 Å². The first-order chi connectivity index (χ1) is 20.5. The van der Waals surface area contributed by atoms with Gasteiger partial charge in [0, 0.05) is 69.5 Å². The molecule has 0 saturated carbocycles. The Labute approximate surface area is 248 Å². The van der Waals surface area contributed by atoms with Gasteiger partial charge >= 0.3 is 6.01 Å². The Bertz CT molecular complexity index is 1350. The second-order valence-corrected chi connectivity index (χ2v) is 11.7. The zero-order valence-electron chi connectivity index (χ0n) is 24.6. The standard InChI is InChI=1S/C32H41N7O3/c1-3-30(40)39-13-12-37(22-26(39)8-10-33)31-27-6-5-25(38-11-9-24-20-23(2)4-7-29(24)38)21-28(27)34-32(35-31)42-19-16-36-14-17-41-18-15-36/h3-4,7,20,25-26H,1,5-6,8-9,11-19,21-22H2,2H3. The summed E-state index contributed by atoms with van der Waals surface area (Å²) in [6.45, 7) is 13.2. The van der Waals surface area contributed by atoms with Gasteiger partial charge in [0.1, 0.15) is 12.4 Å². The molecule has 2 unspecified atom stereocenters. The largest absolute Gasteiger partial charge is 0.462 e. The monoisotopic (exact) mass is 571 g/mol. The van der Waals surface area contributed by atoms with Gasteiger partial charge in [-0.2, -0.15) is 15.2 Å². The molecule has 6 rings (SSSR count). The minimum atomic E-state index is -0.216. The van der Waals surface area contributed by atoms with Crippen molar-refractivity contribution in [2.75, 3.05) is 75.4 Å². The lowest BCUT2D eigenvalue weighted by molar-refractivity contribution is -0.128. The third-order valence-electron chi connectivity index (χ3n) is 9.12. The number of morpholine rings is 1. The number of anilines is 2. The Morgan fingerprint density at radius 3 is 2.86 bits per heavy atom. The van der Waals surface area contributed by atoms with E-state index in [1.165, 1.54) is 28.5 Å². The van der Waals surface area contributed by atoms with E-state index in [-0.39, 0.29) is 18.4 Å². The number of rotatable bonds is 8. The van der Waals surface area contributed by atoms with Crippen LogP contribution in [0.1, 0.15) is 35.2 Å². The van der Waals surface area contributed by atoms with Crippen LogP contribution in [0.3, 0.4) is 0 Å². The summed E-state index contributed by atoms with van der Waals surface area (Å²) in [6.07, 6.45) is 5.45. The summed E-state index contributed by atoms with van der Waals surface area (Å²) in [5.41, 5.74) is 6.33. The molecule has 1 amide bonds. The van der Waals surface area contributed by atoms with Crippen molar-refractivity contribution in [1.29, 1.82) is 5.26 Å². The van der Waals surface area contributed by atoms with Crippen LogP contribution in [0.15, 0.2) is 30.9 Å². The normalized spacial score (nSPS) is 22.3. The zero-order valence-corrected chi connectivity index (χ0v) is 24.6. The molecule has 1 aliphatic carbocycles. The summed E-state index contributed by atoms with van der Waals surface area (Å²) in [4.78, 5) is 31.4. The lowest BCUT2D eigenvalue weighted by atomic mass is 9.90. The predicted octanol–water partition coefficient (Wildman–Crippen LogP) is 2.53. The molecule has 1 aromatic heterocycles. The Morgan fingerprint density at radius 2 is 2.05 bits per heavy atom. The average molecular weight is 572 g/mol. The molecule has 0 N–H and O–H groups in total. The maximum Gasteiger partial charge on any atom is 0.318 e. The highest BCUT2D eigenvalue weighted by atomic mass is 16.5. The molecule has 0 bridgehead atoms. The first-order valence-electron chi connectivity index (χ1n) is 15.3. The number of aromatic nitrogens is 2. The Hall–Kier alpha value is -3.68. The van der Waals surface area contributed by atoms with Crippen molar-refractivity contribution in [1.82, 2.24) is 19.8 Å². The van der Waals surface area contributed by atoms with Crippen LogP contribution in [-0.4, -0.2) is 103 Å². The van der Waals surface area contributed by atoms with Crippen LogP contribution in [0.2, 0.25) is 0 Å². The van der Waals surface area contributed by atoms with Crippen molar-refractivity contribution in [3.8, 4) is 12.1 Å². The predicted molar refractivity (Wildman–Crippen MR) is 161 cm³/mol. The van der Waals surface area contributed by atoms with Crippen molar-refractivity contribution in [3.05, 3.63) is 53.2 Å². The highest BCUT2D eigenvalue weighted by molar-refractivity contribution is 5.87. The molecule has 10 nitrogen and oxygen atoms in total. The van der Waals surface area contributed by atoms with E-state index >= 15 is 0 Å². The van der Waals surface area contributed by atoms with Crippen molar-refractivity contribution in [3.63, 3.8) is 0 Å². The first-order valence-corrected chi connectivity index (χ1v) is 15.3. The lowest BCUT2D eigenvalue weighted by Crippen LogP contribution is -2.55. The van der Waals surface area contributed by atoms with Gasteiger partial charge in [0.25, 0.3) is 0 Å². The Morgan fingerprint density at radius 1 is 1.19 bits per heavy atom. The van der Waals surface area contributed by atoms with Gasteiger partial charge in [0.05, 0.1) is 37.4 Å². The van der Waals surface area contributed by atoms with Crippen molar-refractivity contribution in [2.45, 2.75) is 51.1 Å². The van der Waals surface area contributed by atoms with Crippen LogP contribution in [0.25, 0.3) is 0 Å². The summed E-state index contributed by atoms with van der Waals surface area (Å²) in [5, 5.41) is 9.51. The molecule has 2 saturated heterocycles. The third kappa shape index (κ3) is 5.94. The van der Waals surface area contributed by atoms with Gasteiger partial charge in [-0.25, -0.2) is 0 Å². The highest BCUT2D eigenvalue weighted by Gasteiger charge is 2.35. The van der Waals surface area contributed by atoms with Gasteiger partial charge < -0.3 is 24.2 Å². The molecule has 1 aromatic carbocycles. The summed E-state index contributed by atoms with van der Waals surface area (Å²) in [6, 6.07) is 9.65. The number of carbonyl (C=O) groups is 1. The molecule has 2 atom stereocenters. The minimum absolute atomic E-state index is 0.129. The molecule has 10 heteroatoms. The summed E-state index contributed by atoms with van der Waals surface area (Å²) in [7, 11) is 0. The zero-order chi connectivity index (χ0) is 29.1. The molecule has 2 aromatic rings. The van der Waals surface area contributed by atoms with Gasteiger partial charge in [-0.1, -0.05) is 24.3 Å². The molecule has 42 heavy (non-hydrogen) atoms. The second kappa shape index (κ2) is 12.7. The fraction of sp³-hybridized carbons (Fsp3) is 0.562. The summed E-state index contributed by atoms with van der Waals surface area (Å²) in [5.74, 6) is 0.765. The van der Waals surface area contributed by atoms with Gasteiger partial charge in [-0.15, -0.1) is 0 Å². The summed E-state index contributed by atoms with van der Waals surface area (Å²) < 4.78 is 11.7. The van der Waals surface area contributed by atoms with E-state index in [4.69, 9.17) is 19.4 Å². The van der Waals surface area contributed by atoms with Gasteiger partial charge in [0.15, 0.2) is 0 Å². The number of nitriles is 1. The molecule has 222 valence electrons. The summed E-state index contributed by atoms with van der Waals surface area (Å²) >= 11 is 0. The van der Waals surface area contributed by atoms with Crippen molar-refractivity contribution in [2.24, 2.45) is 0 Å². The molecule has 0 radical (unpaired) electrons.